The molecule has 332 valence electrons. The second-order valence-corrected chi connectivity index (χ2v) is 16.1. The van der Waals surface area contributed by atoms with Gasteiger partial charge in [-0.15, -0.1) is 6.58 Å². The van der Waals surface area contributed by atoms with E-state index in [1.165, 1.54) is 13.8 Å². The highest BCUT2D eigenvalue weighted by atomic mass is 19.4. The minimum absolute atomic E-state index is 0.00669. The topological polar surface area (TPSA) is 59.6 Å². The molecule has 5 nitrogen and oxygen atoms in total. The Morgan fingerprint density at radius 3 is 1.58 bits per heavy atom. The van der Waals surface area contributed by atoms with Gasteiger partial charge in [-0.25, -0.2) is 0 Å². The summed E-state index contributed by atoms with van der Waals surface area (Å²) in [6.07, 6.45) is -16.2. The number of halogens is 12. The molecular weight excluding hydrogens is 820 g/mol. The Hall–Kier alpha value is -4.09. The molecular formula is C43H48F12N2O3. The Bertz CT molecular complexity index is 1830. The number of piperidine rings is 1. The van der Waals surface area contributed by atoms with Crippen molar-refractivity contribution in [2.45, 2.75) is 108 Å². The zero-order valence-corrected chi connectivity index (χ0v) is 33.4. The van der Waals surface area contributed by atoms with E-state index in [0.29, 0.717) is 50.1 Å². The van der Waals surface area contributed by atoms with Crippen LogP contribution >= 0.6 is 0 Å². The molecule has 2 N–H and O–H groups in total. The lowest BCUT2D eigenvalue weighted by Gasteiger charge is -2.42. The minimum Gasteiger partial charge on any atom is -0.373 e. The quantitative estimate of drug-likeness (QED) is 0.133. The van der Waals surface area contributed by atoms with E-state index in [4.69, 9.17) is 9.47 Å². The van der Waals surface area contributed by atoms with Gasteiger partial charge in [0.25, 0.3) is 0 Å². The summed E-state index contributed by atoms with van der Waals surface area (Å²) in [7, 11) is 0. The lowest BCUT2D eigenvalue weighted by atomic mass is 9.79. The fourth-order valence-corrected chi connectivity index (χ4v) is 6.60. The number of nitrogens with one attached hydrogen (secondary N) is 2. The number of carbonyl (C=O) groups excluding carboxylic acids is 1. The molecule has 1 saturated carbocycles. The number of amides is 1. The van der Waals surface area contributed by atoms with Crippen molar-refractivity contribution in [2.75, 3.05) is 19.8 Å². The van der Waals surface area contributed by atoms with Crippen molar-refractivity contribution in [2.24, 2.45) is 11.3 Å². The van der Waals surface area contributed by atoms with Crippen molar-refractivity contribution in [3.8, 4) is 0 Å². The molecule has 0 spiro atoms. The summed E-state index contributed by atoms with van der Waals surface area (Å²) in [5, 5.41) is 6.41. The maximum absolute atomic E-state index is 13.3. The number of hydrogen-bond donors (Lipinski definition) is 2. The van der Waals surface area contributed by atoms with Gasteiger partial charge in [0, 0.05) is 12.6 Å². The van der Waals surface area contributed by atoms with Gasteiger partial charge in [0.1, 0.15) is 0 Å². The van der Waals surface area contributed by atoms with Crippen LogP contribution in [0.5, 0.6) is 0 Å². The molecule has 60 heavy (non-hydrogen) atoms. The van der Waals surface area contributed by atoms with E-state index in [2.05, 4.69) is 17.2 Å². The Balaban J connectivity index is 0.000000289. The summed E-state index contributed by atoms with van der Waals surface area (Å²) in [6, 6.07) is 12.6. The summed E-state index contributed by atoms with van der Waals surface area (Å²) in [4.78, 5) is 12.5. The van der Waals surface area contributed by atoms with E-state index < -0.39 is 64.7 Å². The van der Waals surface area contributed by atoms with Crippen LogP contribution in [0.2, 0.25) is 0 Å². The van der Waals surface area contributed by atoms with Crippen molar-refractivity contribution < 1.29 is 67.0 Å². The maximum atomic E-state index is 13.3. The number of ether oxygens (including phenoxy) is 2. The van der Waals surface area contributed by atoms with Gasteiger partial charge >= 0.3 is 24.7 Å². The van der Waals surface area contributed by atoms with Crippen LogP contribution < -0.4 is 10.6 Å². The Kier molecular flexibility index (Phi) is 15.3. The number of alkyl halides is 12. The molecule has 0 radical (unpaired) electrons. The average molecular weight is 869 g/mol. The van der Waals surface area contributed by atoms with Crippen LogP contribution in [0, 0.1) is 11.3 Å². The molecule has 1 aliphatic carbocycles. The van der Waals surface area contributed by atoms with E-state index in [1.54, 1.807) is 6.08 Å². The van der Waals surface area contributed by atoms with Gasteiger partial charge in [-0.05, 0) is 104 Å². The van der Waals surface area contributed by atoms with Crippen LogP contribution in [0.1, 0.15) is 111 Å². The van der Waals surface area contributed by atoms with Crippen LogP contribution in [-0.4, -0.2) is 31.7 Å². The Labute approximate surface area is 340 Å². The molecule has 17 heteroatoms. The first-order valence-electron chi connectivity index (χ1n) is 19.2. The van der Waals surface area contributed by atoms with Gasteiger partial charge in [0.05, 0.1) is 59.1 Å². The van der Waals surface area contributed by atoms with E-state index >= 15 is 0 Å². The fourth-order valence-electron chi connectivity index (χ4n) is 6.60. The maximum Gasteiger partial charge on any atom is 0.416 e. The monoisotopic (exact) mass is 868 g/mol. The van der Waals surface area contributed by atoms with Crippen LogP contribution in [0.25, 0.3) is 0 Å². The molecule has 0 bridgehead atoms. The largest absolute Gasteiger partial charge is 0.416 e. The molecule has 5 rings (SSSR count). The van der Waals surface area contributed by atoms with Crippen LogP contribution in [0.3, 0.4) is 0 Å². The number of hydrogen-bond acceptors (Lipinski definition) is 4. The van der Waals surface area contributed by atoms with Crippen molar-refractivity contribution in [1.29, 1.82) is 0 Å². The smallest absolute Gasteiger partial charge is 0.373 e. The van der Waals surface area contributed by atoms with Crippen LogP contribution in [0.4, 0.5) is 52.7 Å². The highest BCUT2D eigenvalue weighted by Gasteiger charge is 2.42. The summed E-state index contributed by atoms with van der Waals surface area (Å²) in [6.45, 7) is 10.8. The van der Waals surface area contributed by atoms with Gasteiger partial charge in [0.15, 0.2) is 0 Å². The normalized spacial score (nSPS) is 20.1. The van der Waals surface area contributed by atoms with E-state index in [-0.39, 0.29) is 59.8 Å². The number of carbonyl (C=O) groups is 1. The first kappa shape index (κ1) is 48.6. The summed E-state index contributed by atoms with van der Waals surface area (Å²) in [5.74, 6) is -0.234. The summed E-state index contributed by atoms with van der Waals surface area (Å²) in [5.41, 5.74) is -5.98. The van der Waals surface area contributed by atoms with Crippen LogP contribution in [-0.2, 0) is 44.5 Å². The molecule has 3 aromatic rings. The number of allylic oxidation sites excluding steroid dienone is 1. The molecule has 3 aromatic carbocycles. The third kappa shape index (κ3) is 13.7. The number of rotatable bonds is 13. The molecule has 1 amide bonds. The van der Waals surface area contributed by atoms with Gasteiger partial charge in [-0.1, -0.05) is 50.3 Å². The molecule has 1 saturated heterocycles. The summed E-state index contributed by atoms with van der Waals surface area (Å²) >= 11 is 0. The van der Waals surface area contributed by atoms with Crippen molar-refractivity contribution >= 4 is 5.91 Å². The van der Waals surface area contributed by atoms with Gasteiger partial charge < -0.3 is 20.1 Å². The van der Waals surface area contributed by atoms with E-state index in [9.17, 15) is 57.5 Å². The zero-order chi connectivity index (χ0) is 44.9. The first-order valence-corrected chi connectivity index (χ1v) is 19.2. The third-order valence-corrected chi connectivity index (χ3v) is 10.4. The molecule has 1 heterocycles. The van der Waals surface area contributed by atoms with E-state index in [1.807, 2.05) is 44.2 Å². The van der Waals surface area contributed by atoms with Gasteiger partial charge in [-0.2, -0.15) is 52.7 Å². The molecule has 1 unspecified atom stereocenters. The van der Waals surface area contributed by atoms with Crippen molar-refractivity contribution in [3.63, 3.8) is 0 Å². The SMILES string of the molecule is C=CCC(C)(C)CO[C@H](C)c1cc(C(F)(F)F)cc(C(F)(F)F)c1.C[C@@H](OC[C@@]1(c2ccccc2)CCC(C(=O)NC2CC2)CN1)c1cc(C(F)(F)F)cc(C(F)(F)F)c1. The third-order valence-electron chi connectivity index (χ3n) is 10.4. The molecule has 0 aromatic heterocycles. The first-order chi connectivity index (χ1) is 27.6. The van der Waals surface area contributed by atoms with Gasteiger partial charge in [-0.3, -0.25) is 4.79 Å². The lowest BCUT2D eigenvalue weighted by molar-refractivity contribution is -0.145. The Morgan fingerprint density at radius 1 is 0.750 bits per heavy atom. The van der Waals surface area contributed by atoms with Crippen molar-refractivity contribution in [3.05, 3.63) is 118 Å². The highest BCUT2D eigenvalue weighted by Crippen LogP contribution is 2.41. The fraction of sp³-hybridized carbons (Fsp3) is 0.512. The average Bonchev–Trinajstić information content (AvgIpc) is 3.99. The van der Waals surface area contributed by atoms with E-state index in [0.717, 1.165) is 18.4 Å². The van der Waals surface area contributed by atoms with Crippen LogP contribution in [0.15, 0.2) is 79.4 Å². The summed E-state index contributed by atoms with van der Waals surface area (Å²) < 4.78 is 168. The highest BCUT2D eigenvalue weighted by molar-refractivity contribution is 5.79. The molecule has 1 aliphatic heterocycles. The molecule has 2 fully saturated rings. The molecule has 4 atom stereocenters. The predicted octanol–water partition coefficient (Wildman–Crippen LogP) is 12.4. The van der Waals surface area contributed by atoms with Crippen molar-refractivity contribution in [1.82, 2.24) is 10.6 Å². The second-order valence-electron chi connectivity index (χ2n) is 16.1. The lowest BCUT2D eigenvalue weighted by Crippen LogP contribution is -2.54. The second kappa shape index (κ2) is 18.9. The Morgan fingerprint density at radius 2 is 1.20 bits per heavy atom. The van der Waals surface area contributed by atoms with Gasteiger partial charge in [0.2, 0.25) is 5.91 Å². The molecule has 2 aliphatic rings. The predicted molar refractivity (Wildman–Crippen MR) is 200 cm³/mol. The number of benzene rings is 3. The minimum atomic E-state index is -4.93. The zero-order valence-electron chi connectivity index (χ0n) is 33.4. The standard InChI is InChI=1S/C26H28F6N2O2.C17H20F6O/c1-16(18-11-20(25(27,28)29)13-21(12-18)26(30,31)32)36-15-24(19-5-3-2-4-6-19)10-9-17(14-33-24)23(35)34-22-7-8-22;1-5-6-15(3,4)10-24-11(2)12-7-13(16(18,19)20)9-14(8-12)17(21,22)23/h2-6,11-13,16-17,22,33H,7-10,14-15H2,1H3,(H,34,35);5,7-9,11H,1,6,10H2,2-4H3/t16-,17?,24-;11-/m11/s1.